The summed E-state index contributed by atoms with van der Waals surface area (Å²) < 4.78 is 26.7. The van der Waals surface area contributed by atoms with Crippen molar-refractivity contribution in [3.8, 4) is 0 Å². The number of nitrogens with zero attached hydrogens (tertiary/aromatic N) is 1. The van der Waals surface area contributed by atoms with Crippen LogP contribution in [0.2, 0.25) is 10.0 Å². The van der Waals surface area contributed by atoms with Crippen LogP contribution in [0.1, 0.15) is 19.3 Å². The van der Waals surface area contributed by atoms with Gasteiger partial charge in [-0.2, -0.15) is 4.31 Å². The predicted octanol–water partition coefficient (Wildman–Crippen LogP) is 3.78. The van der Waals surface area contributed by atoms with E-state index in [9.17, 15) is 8.42 Å². The molecular weight excluding hydrogens is 329 g/mol. The minimum absolute atomic E-state index is 0.0431. The molecule has 1 aliphatic rings. The summed E-state index contributed by atoms with van der Waals surface area (Å²) in [6.07, 6.45) is 2.81. The lowest BCUT2D eigenvalue weighted by Crippen LogP contribution is -2.45. The van der Waals surface area contributed by atoms with E-state index >= 15 is 0 Å². The second-order valence-electron chi connectivity index (χ2n) is 4.49. The van der Waals surface area contributed by atoms with Gasteiger partial charge in [0.25, 0.3) is 0 Å². The van der Waals surface area contributed by atoms with Crippen LogP contribution in [-0.2, 0) is 10.0 Å². The first kappa shape index (κ1) is 15.4. The van der Waals surface area contributed by atoms with Gasteiger partial charge in [0, 0.05) is 28.5 Å². The molecule has 0 radical (unpaired) electrons. The monoisotopic (exact) mass is 341 g/mol. The highest BCUT2D eigenvalue weighted by Gasteiger charge is 2.34. The first-order chi connectivity index (χ1) is 8.95. The molecule has 2 rings (SSSR count). The molecule has 0 heterocycles. The van der Waals surface area contributed by atoms with Crippen LogP contribution < -0.4 is 0 Å². The summed E-state index contributed by atoms with van der Waals surface area (Å²) in [4.78, 5) is 0.127. The predicted molar refractivity (Wildman–Crippen MR) is 78.7 cm³/mol. The van der Waals surface area contributed by atoms with Gasteiger partial charge in [0.1, 0.15) is 0 Å². The maximum atomic E-state index is 12.6. The third-order valence-electron chi connectivity index (χ3n) is 3.23. The summed E-state index contributed by atoms with van der Waals surface area (Å²) in [6.45, 7) is 0.304. The van der Waals surface area contributed by atoms with Gasteiger partial charge in [-0.25, -0.2) is 8.42 Å². The Kier molecular flexibility index (Phi) is 5.01. The minimum Gasteiger partial charge on any atom is -0.207 e. The molecule has 0 bridgehead atoms. The Bertz CT molecular complexity index is 538. The van der Waals surface area contributed by atoms with Crippen molar-refractivity contribution in [2.45, 2.75) is 30.2 Å². The molecule has 0 aliphatic heterocycles. The lowest BCUT2D eigenvalue weighted by Gasteiger charge is -2.36. The smallest absolute Gasteiger partial charge is 0.207 e. The molecule has 3 nitrogen and oxygen atoms in total. The number of hydrogen-bond donors (Lipinski definition) is 0. The summed E-state index contributed by atoms with van der Waals surface area (Å²) in [5, 5.41) is 0.621. The van der Waals surface area contributed by atoms with Gasteiger partial charge >= 0.3 is 0 Å². The molecule has 7 heteroatoms. The molecular formula is C12H14Cl3NO2S. The van der Waals surface area contributed by atoms with Crippen molar-refractivity contribution < 1.29 is 8.42 Å². The van der Waals surface area contributed by atoms with Crippen molar-refractivity contribution >= 4 is 44.8 Å². The topological polar surface area (TPSA) is 37.4 Å². The van der Waals surface area contributed by atoms with Gasteiger partial charge in [-0.15, -0.1) is 11.6 Å². The first-order valence-corrected chi connectivity index (χ1v) is 8.72. The summed E-state index contributed by atoms with van der Waals surface area (Å²) in [6, 6.07) is 4.39. The molecule has 0 N–H and O–H groups in total. The van der Waals surface area contributed by atoms with Crippen LogP contribution in [0, 0.1) is 0 Å². The van der Waals surface area contributed by atoms with Gasteiger partial charge in [-0.3, -0.25) is 0 Å². The highest BCUT2D eigenvalue weighted by atomic mass is 35.5. The van der Waals surface area contributed by atoms with E-state index in [2.05, 4.69) is 0 Å². The average molecular weight is 343 g/mol. The molecule has 19 heavy (non-hydrogen) atoms. The van der Waals surface area contributed by atoms with E-state index in [-0.39, 0.29) is 16.8 Å². The van der Waals surface area contributed by atoms with E-state index < -0.39 is 10.0 Å². The fourth-order valence-electron chi connectivity index (χ4n) is 2.07. The van der Waals surface area contributed by atoms with Crippen LogP contribution in [0.15, 0.2) is 23.1 Å². The maximum absolute atomic E-state index is 12.6. The van der Waals surface area contributed by atoms with Crippen LogP contribution in [0.4, 0.5) is 0 Å². The van der Waals surface area contributed by atoms with Crippen molar-refractivity contribution in [1.29, 1.82) is 0 Å². The largest absolute Gasteiger partial charge is 0.243 e. The summed E-state index contributed by atoms with van der Waals surface area (Å²) in [7, 11) is -3.59. The van der Waals surface area contributed by atoms with E-state index in [1.54, 1.807) is 0 Å². The SMILES string of the molecule is O=S(=O)(c1cc(Cl)cc(Cl)c1)N(CCCl)C1CCC1. The van der Waals surface area contributed by atoms with Gasteiger partial charge in [-0.1, -0.05) is 29.6 Å². The molecule has 1 fully saturated rings. The van der Waals surface area contributed by atoms with Crippen molar-refractivity contribution in [1.82, 2.24) is 4.31 Å². The van der Waals surface area contributed by atoms with Crippen molar-refractivity contribution in [3.63, 3.8) is 0 Å². The zero-order chi connectivity index (χ0) is 14.0. The van der Waals surface area contributed by atoms with E-state index in [0.717, 1.165) is 19.3 Å². The summed E-state index contributed by atoms with van der Waals surface area (Å²) in [5.74, 6) is 0.268. The number of rotatable bonds is 5. The third kappa shape index (κ3) is 3.37. The molecule has 0 aromatic heterocycles. The normalized spacial score (nSPS) is 16.6. The average Bonchev–Trinajstić information content (AvgIpc) is 2.24. The minimum atomic E-state index is -3.59. The fourth-order valence-corrected chi connectivity index (χ4v) is 4.77. The Labute approximate surface area is 128 Å². The van der Waals surface area contributed by atoms with Crippen LogP contribution in [-0.4, -0.2) is 31.2 Å². The number of hydrogen-bond acceptors (Lipinski definition) is 2. The molecule has 0 spiro atoms. The molecule has 106 valence electrons. The van der Waals surface area contributed by atoms with Crippen molar-refractivity contribution in [2.24, 2.45) is 0 Å². The Hall–Kier alpha value is -0.000000000000000111. The first-order valence-electron chi connectivity index (χ1n) is 5.99. The standard InChI is InChI=1S/C12H14Cl3NO2S/c13-4-5-16(11-2-1-3-11)19(17,18)12-7-9(14)6-10(15)8-12/h6-8,11H,1-5H2. The second kappa shape index (κ2) is 6.19. The fraction of sp³-hybridized carbons (Fsp3) is 0.500. The van der Waals surface area contributed by atoms with E-state index in [0.29, 0.717) is 16.6 Å². The van der Waals surface area contributed by atoms with Crippen molar-refractivity contribution in [3.05, 3.63) is 28.2 Å². The van der Waals surface area contributed by atoms with E-state index in [1.807, 2.05) is 0 Å². The van der Waals surface area contributed by atoms with Gasteiger partial charge in [0.05, 0.1) is 4.90 Å². The molecule has 0 atom stereocenters. The van der Waals surface area contributed by atoms with Gasteiger partial charge in [0.15, 0.2) is 0 Å². The Morgan fingerprint density at radius 3 is 2.16 bits per heavy atom. The molecule has 0 amide bonds. The Morgan fingerprint density at radius 1 is 1.16 bits per heavy atom. The molecule has 1 aliphatic carbocycles. The number of benzene rings is 1. The number of halogens is 3. The van der Waals surface area contributed by atoms with Crippen LogP contribution in [0.25, 0.3) is 0 Å². The third-order valence-corrected chi connectivity index (χ3v) is 5.76. The van der Waals surface area contributed by atoms with Gasteiger partial charge in [-0.05, 0) is 31.0 Å². The van der Waals surface area contributed by atoms with Gasteiger partial charge < -0.3 is 0 Å². The van der Waals surface area contributed by atoms with E-state index in [4.69, 9.17) is 34.8 Å². The van der Waals surface area contributed by atoms with E-state index in [1.165, 1.54) is 22.5 Å². The zero-order valence-electron chi connectivity index (χ0n) is 10.2. The van der Waals surface area contributed by atoms with Gasteiger partial charge in [0.2, 0.25) is 10.0 Å². The number of sulfonamides is 1. The molecule has 1 aromatic rings. The highest BCUT2D eigenvalue weighted by Crippen LogP contribution is 2.31. The molecule has 1 saturated carbocycles. The summed E-state index contributed by atoms with van der Waals surface area (Å²) >= 11 is 17.5. The van der Waals surface area contributed by atoms with Crippen molar-refractivity contribution in [2.75, 3.05) is 12.4 Å². The number of alkyl halides is 1. The zero-order valence-corrected chi connectivity index (χ0v) is 13.2. The molecule has 0 unspecified atom stereocenters. The molecule has 1 aromatic carbocycles. The van der Waals surface area contributed by atoms with Crippen LogP contribution in [0.3, 0.4) is 0 Å². The second-order valence-corrected chi connectivity index (χ2v) is 7.64. The Morgan fingerprint density at radius 2 is 1.74 bits per heavy atom. The van der Waals surface area contributed by atoms with Crippen LogP contribution >= 0.6 is 34.8 Å². The van der Waals surface area contributed by atoms with Crippen LogP contribution in [0.5, 0.6) is 0 Å². The Balaban J connectivity index is 2.37. The quantitative estimate of drug-likeness (QED) is 0.764. The maximum Gasteiger partial charge on any atom is 0.243 e. The molecule has 0 saturated heterocycles. The summed E-state index contributed by atoms with van der Waals surface area (Å²) in [5.41, 5.74) is 0. The lowest BCUT2D eigenvalue weighted by atomic mass is 9.93. The highest BCUT2D eigenvalue weighted by molar-refractivity contribution is 7.89. The lowest BCUT2D eigenvalue weighted by molar-refractivity contribution is 0.227.